The molecular weight excluding hydrogens is 406 g/mol. The van der Waals surface area contributed by atoms with E-state index >= 15 is 0 Å². The Bertz CT molecular complexity index is 1090. The van der Waals surface area contributed by atoms with E-state index < -0.39 is 9.84 Å². The van der Waals surface area contributed by atoms with Crippen molar-refractivity contribution in [3.8, 4) is 11.3 Å². The third-order valence-corrected chi connectivity index (χ3v) is 6.31. The fraction of sp³-hybridized carbons (Fsp3) is 0.222. The smallest absolute Gasteiger partial charge is 0.188 e. The van der Waals surface area contributed by atoms with Crippen molar-refractivity contribution in [3.63, 3.8) is 0 Å². The predicted octanol–water partition coefficient (Wildman–Crippen LogP) is 4.11. The standard InChI is InChI=1S/C18H18ClN3O3S2/c1-10-6-12(7-11(2)20-10)17-15(9-23)26-18(22-17)21-13-4-5-16(14(19)8-13)27(3,24)25/h4-8,23H,9H2,1-3H3,(H,21,22). The van der Waals surface area contributed by atoms with Crippen molar-refractivity contribution >= 4 is 43.6 Å². The minimum atomic E-state index is -3.39. The lowest BCUT2D eigenvalue weighted by molar-refractivity contribution is 0.286. The van der Waals surface area contributed by atoms with Crippen LogP contribution in [0.4, 0.5) is 10.8 Å². The topological polar surface area (TPSA) is 92.2 Å². The number of aliphatic hydroxyl groups is 1. The number of sulfone groups is 1. The summed E-state index contributed by atoms with van der Waals surface area (Å²) in [6.07, 6.45) is 1.11. The van der Waals surface area contributed by atoms with E-state index in [1.807, 2.05) is 26.0 Å². The molecule has 0 aliphatic rings. The van der Waals surface area contributed by atoms with Gasteiger partial charge in [-0.15, -0.1) is 0 Å². The molecular formula is C18H18ClN3O3S2. The molecule has 0 amide bonds. The number of pyridine rings is 1. The van der Waals surface area contributed by atoms with Gasteiger partial charge < -0.3 is 10.4 Å². The summed E-state index contributed by atoms with van der Waals surface area (Å²) in [7, 11) is -3.39. The van der Waals surface area contributed by atoms with Crippen molar-refractivity contribution in [2.24, 2.45) is 0 Å². The summed E-state index contributed by atoms with van der Waals surface area (Å²) in [5.74, 6) is 0. The van der Waals surface area contributed by atoms with E-state index in [0.29, 0.717) is 16.5 Å². The number of aliphatic hydroxyl groups excluding tert-OH is 1. The molecule has 0 aliphatic carbocycles. The second-order valence-corrected chi connectivity index (χ2v) is 9.60. The van der Waals surface area contributed by atoms with Crippen molar-refractivity contribution in [1.29, 1.82) is 0 Å². The summed E-state index contributed by atoms with van der Waals surface area (Å²) < 4.78 is 23.3. The van der Waals surface area contributed by atoms with Crippen molar-refractivity contribution in [2.75, 3.05) is 11.6 Å². The molecule has 0 atom stereocenters. The summed E-state index contributed by atoms with van der Waals surface area (Å²) in [5, 5.41) is 13.5. The van der Waals surface area contributed by atoms with E-state index in [-0.39, 0.29) is 16.5 Å². The predicted molar refractivity (Wildman–Crippen MR) is 109 cm³/mol. The fourth-order valence-corrected chi connectivity index (χ4v) is 4.91. The third kappa shape index (κ3) is 4.47. The van der Waals surface area contributed by atoms with Crippen LogP contribution in [0.1, 0.15) is 16.3 Å². The molecule has 3 aromatic rings. The number of anilines is 2. The molecule has 0 aliphatic heterocycles. The largest absolute Gasteiger partial charge is 0.391 e. The molecule has 0 fully saturated rings. The molecule has 9 heteroatoms. The third-order valence-electron chi connectivity index (χ3n) is 3.78. The molecule has 1 aromatic carbocycles. The number of hydrogen-bond donors (Lipinski definition) is 2. The number of nitrogens with one attached hydrogen (secondary N) is 1. The second kappa shape index (κ2) is 7.55. The molecule has 0 saturated heterocycles. The zero-order chi connectivity index (χ0) is 19.8. The van der Waals surface area contributed by atoms with E-state index in [4.69, 9.17) is 11.6 Å². The van der Waals surface area contributed by atoms with Gasteiger partial charge in [-0.25, -0.2) is 13.4 Å². The van der Waals surface area contributed by atoms with Gasteiger partial charge in [0.1, 0.15) is 0 Å². The summed E-state index contributed by atoms with van der Waals surface area (Å²) in [4.78, 5) is 9.75. The van der Waals surface area contributed by atoms with Crippen LogP contribution < -0.4 is 5.32 Å². The van der Waals surface area contributed by atoms with Crippen LogP contribution in [0.25, 0.3) is 11.3 Å². The van der Waals surface area contributed by atoms with Crippen LogP contribution in [0.15, 0.2) is 35.2 Å². The highest BCUT2D eigenvalue weighted by atomic mass is 35.5. The number of aromatic nitrogens is 2. The van der Waals surface area contributed by atoms with Gasteiger partial charge in [-0.3, -0.25) is 4.98 Å². The van der Waals surface area contributed by atoms with Gasteiger partial charge >= 0.3 is 0 Å². The molecule has 0 unspecified atom stereocenters. The summed E-state index contributed by atoms with van der Waals surface area (Å²) in [5.41, 5.74) is 3.94. The number of benzene rings is 1. The minimum absolute atomic E-state index is 0.0772. The van der Waals surface area contributed by atoms with Crippen LogP contribution in [0.5, 0.6) is 0 Å². The number of nitrogens with zero attached hydrogens (tertiary/aromatic N) is 2. The maximum atomic E-state index is 11.7. The summed E-state index contributed by atoms with van der Waals surface area (Å²) in [6.45, 7) is 3.68. The van der Waals surface area contributed by atoms with E-state index in [1.54, 1.807) is 12.1 Å². The molecule has 3 rings (SSSR count). The molecule has 0 bridgehead atoms. The fourth-order valence-electron chi connectivity index (χ4n) is 2.71. The van der Waals surface area contributed by atoms with E-state index in [2.05, 4.69) is 15.3 Å². The quantitative estimate of drug-likeness (QED) is 0.641. The minimum Gasteiger partial charge on any atom is -0.391 e. The lowest BCUT2D eigenvalue weighted by Crippen LogP contribution is -1.99. The first-order valence-electron chi connectivity index (χ1n) is 8.00. The van der Waals surface area contributed by atoms with Crippen molar-refractivity contribution in [2.45, 2.75) is 25.3 Å². The van der Waals surface area contributed by atoms with E-state index in [9.17, 15) is 13.5 Å². The van der Waals surface area contributed by atoms with Gasteiger partial charge in [0.2, 0.25) is 0 Å². The summed E-state index contributed by atoms with van der Waals surface area (Å²) in [6, 6.07) is 8.46. The average molecular weight is 424 g/mol. The monoisotopic (exact) mass is 423 g/mol. The Morgan fingerprint density at radius 3 is 2.37 bits per heavy atom. The van der Waals surface area contributed by atoms with Crippen molar-refractivity contribution in [3.05, 3.63) is 51.6 Å². The Kier molecular flexibility index (Phi) is 5.53. The maximum Gasteiger partial charge on any atom is 0.188 e. The molecule has 6 nitrogen and oxygen atoms in total. The Morgan fingerprint density at radius 1 is 1.15 bits per heavy atom. The lowest BCUT2D eigenvalue weighted by atomic mass is 10.1. The first-order valence-corrected chi connectivity index (χ1v) is 11.1. The van der Waals surface area contributed by atoms with E-state index in [0.717, 1.165) is 28.1 Å². The van der Waals surface area contributed by atoms with Gasteiger partial charge in [-0.2, -0.15) is 0 Å². The lowest BCUT2D eigenvalue weighted by Gasteiger charge is -2.06. The van der Waals surface area contributed by atoms with Gasteiger partial charge in [0.25, 0.3) is 0 Å². The van der Waals surface area contributed by atoms with Crippen LogP contribution in [-0.4, -0.2) is 29.7 Å². The van der Waals surface area contributed by atoms with Crippen LogP contribution >= 0.6 is 22.9 Å². The number of halogens is 1. The van der Waals surface area contributed by atoms with Gasteiger partial charge in [0.15, 0.2) is 15.0 Å². The zero-order valence-electron chi connectivity index (χ0n) is 14.9. The van der Waals surface area contributed by atoms with Gasteiger partial charge in [0.05, 0.1) is 27.1 Å². The Hall–Kier alpha value is -2.00. The second-order valence-electron chi connectivity index (χ2n) is 6.13. The van der Waals surface area contributed by atoms with Crippen molar-refractivity contribution < 1.29 is 13.5 Å². The molecule has 0 radical (unpaired) electrons. The molecule has 142 valence electrons. The first-order chi connectivity index (χ1) is 12.7. The zero-order valence-corrected chi connectivity index (χ0v) is 17.3. The highest BCUT2D eigenvalue weighted by molar-refractivity contribution is 7.90. The number of aryl methyl sites for hydroxylation is 2. The van der Waals surface area contributed by atoms with Gasteiger partial charge in [0, 0.05) is 28.9 Å². The van der Waals surface area contributed by atoms with Gasteiger partial charge in [-0.1, -0.05) is 22.9 Å². The highest BCUT2D eigenvalue weighted by Gasteiger charge is 2.16. The molecule has 0 spiro atoms. The number of hydrogen-bond acceptors (Lipinski definition) is 7. The van der Waals surface area contributed by atoms with Crippen LogP contribution in [0.2, 0.25) is 5.02 Å². The first kappa shape index (κ1) is 19.8. The highest BCUT2D eigenvalue weighted by Crippen LogP contribution is 2.34. The SMILES string of the molecule is Cc1cc(-c2nc(Nc3ccc(S(C)(=O)=O)c(Cl)c3)sc2CO)cc(C)n1. The molecule has 27 heavy (non-hydrogen) atoms. The molecule has 2 heterocycles. The Labute approximate surface area is 166 Å². The average Bonchev–Trinajstić information content (AvgIpc) is 2.95. The van der Waals surface area contributed by atoms with Gasteiger partial charge in [-0.05, 0) is 44.2 Å². The number of rotatable bonds is 5. The number of thiazole rings is 1. The van der Waals surface area contributed by atoms with Crippen molar-refractivity contribution in [1.82, 2.24) is 9.97 Å². The van der Waals surface area contributed by atoms with Crippen LogP contribution in [0.3, 0.4) is 0 Å². The molecule has 2 aromatic heterocycles. The molecule has 0 saturated carbocycles. The molecule has 2 N–H and O–H groups in total. The Balaban J connectivity index is 1.95. The summed E-state index contributed by atoms with van der Waals surface area (Å²) >= 11 is 7.41. The van der Waals surface area contributed by atoms with Crippen LogP contribution in [0, 0.1) is 13.8 Å². The maximum absolute atomic E-state index is 11.7. The van der Waals surface area contributed by atoms with E-state index in [1.165, 1.54) is 17.4 Å². The van der Waals surface area contributed by atoms with Crippen LogP contribution in [-0.2, 0) is 16.4 Å². The Morgan fingerprint density at radius 2 is 1.81 bits per heavy atom. The normalized spacial score (nSPS) is 11.6.